The quantitative estimate of drug-likeness (QED) is 0.302. The zero-order chi connectivity index (χ0) is 24.5. The van der Waals surface area contributed by atoms with Crippen molar-refractivity contribution in [1.29, 1.82) is 0 Å². The third-order valence-electron chi connectivity index (χ3n) is 6.29. The molecule has 0 spiro atoms. The molecule has 176 valence electrons. The maximum atomic E-state index is 14.8. The number of aromatic nitrogens is 3. The number of halogens is 1. The van der Waals surface area contributed by atoms with Gasteiger partial charge in [0, 0.05) is 18.0 Å². The van der Waals surface area contributed by atoms with E-state index in [-0.39, 0.29) is 17.4 Å². The van der Waals surface area contributed by atoms with Crippen molar-refractivity contribution in [3.63, 3.8) is 0 Å². The largest absolute Gasteiger partial charge is 0.309 e. The first-order chi connectivity index (χ1) is 17.0. The average Bonchev–Trinajstić information content (AvgIpc) is 3.39. The predicted molar refractivity (Wildman–Crippen MR) is 139 cm³/mol. The van der Waals surface area contributed by atoms with Crippen LogP contribution in [0.25, 0.3) is 16.9 Å². The molecule has 5 nitrogen and oxygen atoms in total. The van der Waals surface area contributed by atoms with Crippen LogP contribution in [0.1, 0.15) is 24.2 Å². The third-order valence-corrected chi connectivity index (χ3v) is 7.13. The van der Waals surface area contributed by atoms with E-state index in [4.69, 9.17) is 4.99 Å². The zero-order valence-corrected chi connectivity index (χ0v) is 20.5. The van der Waals surface area contributed by atoms with Crippen LogP contribution < -0.4 is 10.4 Å². The molecule has 0 saturated heterocycles. The SMILES string of the molecule is Cc1c(N=c2scc(-c3ccccc3F)n2C(C)c2ccccc2)c(=O)n(-c2ccccc2)n1C. The molecule has 1 unspecified atom stereocenters. The van der Waals surface area contributed by atoms with Crippen molar-refractivity contribution < 1.29 is 4.39 Å². The summed E-state index contributed by atoms with van der Waals surface area (Å²) >= 11 is 1.40. The maximum absolute atomic E-state index is 14.8. The van der Waals surface area contributed by atoms with Gasteiger partial charge in [0.05, 0.1) is 23.1 Å². The Labute approximate surface area is 206 Å². The number of para-hydroxylation sites is 1. The fraction of sp³-hybridized carbons (Fsp3) is 0.143. The van der Waals surface area contributed by atoms with Crippen molar-refractivity contribution >= 4 is 17.0 Å². The summed E-state index contributed by atoms with van der Waals surface area (Å²) in [6, 6.07) is 26.1. The van der Waals surface area contributed by atoms with Gasteiger partial charge in [0.2, 0.25) is 0 Å². The highest BCUT2D eigenvalue weighted by Crippen LogP contribution is 2.29. The monoisotopic (exact) mass is 484 g/mol. The van der Waals surface area contributed by atoms with E-state index in [1.165, 1.54) is 17.4 Å². The van der Waals surface area contributed by atoms with Crippen LogP contribution in [-0.4, -0.2) is 13.9 Å². The van der Waals surface area contributed by atoms with Gasteiger partial charge in [-0.25, -0.2) is 14.1 Å². The van der Waals surface area contributed by atoms with Gasteiger partial charge < -0.3 is 4.57 Å². The number of hydrogen-bond acceptors (Lipinski definition) is 3. The highest BCUT2D eigenvalue weighted by Gasteiger charge is 2.20. The Morgan fingerprint density at radius 1 is 0.914 bits per heavy atom. The minimum Gasteiger partial charge on any atom is -0.309 e. The van der Waals surface area contributed by atoms with Gasteiger partial charge in [0.25, 0.3) is 5.56 Å². The van der Waals surface area contributed by atoms with E-state index in [9.17, 15) is 9.18 Å². The molecule has 0 aliphatic heterocycles. The van der Waals surface area contributed by atoms with Crippen molar-refractivity contribution in [2.45, 2.75) is 19.9 Å². The molecule has 0 fully saturated rings. The van der Waals surface area contributed by atoms with Crippen molar-refractivity contribution in [2.24, 2.45) is 12.0 Å². The highest BCUT2D eigenvalue weighted by molar-refractivity contribution is 7.07. The Balaban J connectivity index is 1.76. The molecule has 0 amide bonds. The number of hydrogen-bond donors (Lipinski definition) is 0. The molecule has 0 bridgehead atoms. The molecule has 2 heterocycles. The summed E-state index contributed by atoms with van der Waals surface area (Å²) in [5.41, 5.74) is 3.98. The molecule has 0 aliphatic carbocycles. The Morgan fingerprint density at radius 3 is 2.23 bits per heavy atom. The van der Waals surface area contributed by atoms with Crippen molar-refractivity contribution in [1.82, 2.24) is 13.9 Å². The second-order valence-corrected chi connectivity index (χ2v) is 9.20. The Bertz CT molecular complexity index is 1610. The van der Waals surface area contributed by atoms with Crippen molar-refractivity contribution in [3.8, 4) is 16.9 Å². The van der Waals surface area contributed by atoms with E-state index < -0.39 is 0 Å². The molecule has 1 atom stereocenters. The molecule has 7 heteroatoms. The van der Waals surface area contributed by atoms with E-state index in [0.717, 1.165) is 22.6 Å². The molecule has 2 aromatic heterocycles. The van der Waals surface area contributed by atoms with Gasteiger partial charge in [-0.15, -0.1) is 11.3 Å². The molecule has 3 aromatic carbocycles. The lowest BCUT2D eigenvalue weighted by molar-refractivity contribution is 0.610. The summed E-state index contributed by atoms with van der Waals surface area (Å²) < 4.78 is 20.3. The first-order valence-electron chi connectivity index (χ1n) is 11.4. The molecule has 0 N–H and O–H groups in total. The lowest BCUT2D eigenvalue weighted by Crippen LogP contribution is -2.22. The summed E-state index contributed by atoms with van der Waals surface area (Å²) in [5, 5.41) is 1.91. The highest BCUT2D eigenvalue weighted by atomic mass is 32.1. The lowest BCUT2D eigenvalue weighted by Gasteiger charge is -2.18. The van der Waals surface area contributed by atoms with Gasteiger partial charge >= 0.3 is 0 Å². The van der Waals surface area contributed by atoms with Crippen molar-refractivity contribution in [2.75, 3.05) is 0 Å². The fourth-order valence-corrected chi connectivity index (χ4v) is 5.27. The molecule has 5 aromatic rings. The Morgan fingerprint density at radius 2 is 1.54 bits per heavy atom. The van der Waals surface area contributed by atoms with Crippen LogP contribution in [0.15, 0.2) is 100 Å². The molecular weight excluding hydrogens is 459 g/mol. The third kappa shape index (κ3) is 4.08. The summed E-state index contributed by atoms with van der Waals surface area (Å²) in [6.45, 7) is 3.95. The van der Waals surface area contributed by atoms with Crippen LogP contribution in [-0.2, 0) is 7.05 Å². The molecule has 35 heavy (non-hydrogen) atoms. The number of rotatable bonds is 5. The summed E-state index contributed by atoms with van der Waals surface area (Å²) in [6.07, 6.45) is 0. The maximum Gasteiger partial charge on any atom is 0.297 e. The van der Waals surface area contributed by atoms with E-state index in [1.54, 1.807) is 16.8 Å². The standard InChI is InChI=1S/C28H25FN4OS/c1-19(21-12-6-4-7-13-21)32-25(23-16-10-11-17-24(23)29)18-35-28(32)30-26-20(2)31(3)33(27(26)34)22-14-8-5-9-15-22/h4-19H,1-3H3. The molecule has 5 rings (SSSR count). The fourth-order valence-electron chi connectivity index (χ4n) is 4.30. The minimum atomic E-state index is -0.298. The van der Waals surface area contributed by atoms with Crippen molar-refractivity contribution in [3.05, 3.63) is 123 Å². The summed E-state index contributed by atoms with van der Waals surface area (Å²) in [4.78, 5) is 19.0. The van der Waals surface area contributed by atoms with E-state index >= 15 is 0 Å². The molecule has 0 aliphatic rings. The topological polar surface area (TPSA) is 44.2 Å². The number of thiazole rings is 1. The van der Waals surface area contributed by atoms with Gasteiger partial charge in [0.1, 0.15) is 5.82 Å². The minimum absolute atomic E-state index is 0.129. The van der Waals surface area contributed by atoms with Crippen LogP contribution in [0.5, 0.6) is 0 Å². The van der Waals surface area contributed by atoms with Gasteiger partial charge in [-0.1, -0.05) is 60.7 Å². The van der Waals surface area contributed by atoms with Crippen LogP contribution in [0, 0.1) is 12.7 Å². The Hall–Kier alpha value is -3.97. The summed E-state index contributed by atoms with van der Waals surface area (Å²) in [5.74, 6) is -0.298. The van der Waals surface area contributed by atoms with Gasteiger partial charge in [0.15, 0.2) is 10.5 Å². The zero-order valence-electron chi connectivity index (χ0n) is 19.7. The molecular formula is C28H25FN4OS. The van der Waals surface area contributed by atoms with Gasteiger partial charge in [-0.3, -0.25) is 9.48 Å². The van der Waals surface area contributed by atoms with Crippen LogP contribution in [0.3, 0.4) is 0 Å². The second kappa shape index (κ2) is 9.35. The van der Waals surface area contributed by atoms with Gasteiger partial charge in [-0.2, -0.15) is 0 Å². The Kier molecular flexibility index (Phi) is 6.09. The lowest BCUT2D eigenvalue weighted by atomic mass is 10.1. The van der Waals surface area contributed by atoms with Gasteiger partial charge in [-0.05, 0) is 43.7 Å². The number of benzene rings is 3. The molecule has 0 saturated carbocycles. The predicted octanol–water partition coefficient (Wildman–Crippen LogP) is 6.00. The smallest absolute Gasteiger partial charge is 0.297 e. The first-order valence-corrected chi connectivity index (χ1v) is 12.2. The first kappa shape index (κ1) is 22.8. The van der Waals surface area contributed by atoms with E-state index in [1.807, 2.05) is 95.3 Å². The molecule has 0 radical (unpaired) electrons. The van der Waals surface area contributed by atoms with Crippen LogP contribution in [0.4, 0.5) is 10.1 Å². The average molecular weight is 485 g/mol. The number of nitrogens with zero attached hydrogens (tertiary/aromatic N) is 4. The van der Waals surface area contributed by atoms with E-state index in [2.05, 4.69) is 6.92 Å². The van der Waals surface area contributed by atoms with Crippen LogP contribution in [0.2, 0.25) is 0 Å². The van der Waals surface area contributed by atoms with E-state index in [0.29, 0.717) is 16.1 Å². The normalized spacial score (nSPS) is 12.7. The second-order valence-electron chi connectivity index (χ2n) is 8.36. The van der Waals surface area contributed by atoms with Crippen LogP contribution >= 0.6 is 11.3 Å². The summed E-state index contributed by atoms with van der Waals surface area (Å²) in [7, 11) is 1.85.